The van der Waals surface area contributed by atoms with E-state index in [-0.39, 0.29) is 43.0 Å². The van der Waals surface area contributed by atoms with Gasteiger partial charge in [-0.1, -0.05) is 67.1 Å². The number of nitrogens with two attached hydrogens (primary N) is 2. The molecule has 21 heteroatoms. The maximum Gasteiger partial charge on any atom is 0.322 e. The number of rotatable bonds is 26. The first-order valence-electron chi connectivity index (χ1n) is 19.4. The van der Waals surface area contributed by atoms with Gasteiger partial charge in [-0.3, -0.25) is 43.2 Å². The summed E-state index contributed by atoms with van der Waals surface area (Å²) in [5, 5.41) is 45.1. The zero-order valence-corrected chi connectivity index (χ0v) is 34.7. The Kier molecular flexibility index (Phi) is 20.7. The SMILES string of the molecule is N[C@H](CCC(=O)N[C@@H](CSC(c1ccccc1)C1CCCC(C(SC[C@H](NC(=O)CC[C@@H](N)C(=O)O)C(=O)NCC(=O)O)c2ccccc2)C1=O)C(=O)NCC(=O)O)C(=O)O. The molecular weight excluding hydrogens is 837 g/mol. The van der Waals surface area contributed by atoms with Crippen molar-refractivity contribution in [1.29, 1.82) is 0 Å². The standard InChI is InChI=1S/C40H52N6O13S2/c41-26(39(56)57)14-16-30(47)45-28(37(54)43-18-32(49)50)20-60-35(22-8-3-1-4-9-22)24-12-7-13-25(34(24)53)36(23-10-5-2-6-11-23)61-21-29(38(55)44-19-33(51)52)46-31(48)17-15-27(42)40(58)59/h1-6,8-11,24-29,35-36H,7,12-21,41-42H2,(H,43,54)(H,44,55)(H,45,47)(H,46,48)(H,49,50)(H,51,52)(H,56,57)(H,58,59)/t24?,25?,26-,27-,28+,29+,35?,36?/m1/s1. The molecule has 0 heterocycles. The number of carbonyl (C=O) groups excluding carboxylic acids is 5. The fourth-order valence-corrected chi connectivity index (χ4v) is 9.56. The molecule has 1 aliphatic rings. The van der Waals surface area contributed by atoms with Crippen LogP contribution < -0.4 is 32.7 Å². The zero-order chi connectivity index (χ0) is 45.1. The monoisotopic (exact) mass is 888 g/mol. The predicted octanol–water partition coefficient (Wildman–Crippen LogP) is 0.676. The van der Waals surface area contributed by atoms with Crippen molar-refractivity contribution >= 4 is 76.8 Å². The number of aliphatic carboxylic acids is 4. The highest BCUT2D eigenvalue weighted by Crippen LogP contribution is 2.49. The minimum absolute atomic E-state index is 0.1000. The van der Waals surface area contributed by atoms with E-state index in [0.29, 0.717) is 19.3 Å². The van der Waals surface area contributed by atoms with Crippen molar-refractivity contribution in [3.63, 3.8) is 0 Å². The molecule has 4 unspecified atom stereocenters. The van der Waals surface area contributed by atoms with Crippen molar-refractivity contribution in [2.45, 2.75) is 79.6 Å². The molecule has 1 fully saturated rings. The molecule has 19 nitrogen and oxygen atoms in total. The molecule has 2 aromatic carbocycles. The number of Topliss-reactive ketones (excluding diaryl/α,β-unsaturated/α-hetero) is 1. The third-order valence-corrected chi connectivity index (χ3v) is 12.7. The number of amides is 4. The lowest BCUT2D eigenvalue weighted by Crippen LogP contribution is -2.50. The van der Waals surface area contributed by atoms with Crippen LogP contribution in [-0.4, -0.2) is 122 Å². The number of benzene rings is 2. The van der Waals surface area contributed by atoms with Crippen molar-refractivity contribution in [3.05, 3.63) is 71.8 Å². The van der Waals surface area contributed by atoms with E-state index in [0.717, 1.165) is 11.1 Å². The lowest BCUT2D eigenvalue weighted by molar-refractivity contribution is -0.140. The number of hydrogen-bond donors (Lipinski definition) is 10. The Balaban J connectivity index is 1.92. The molecule has 1 saturated carbocycles. The van der Waals surface area contributed by atoms with E-state index < -0.39 is 107 Å². The fraction of sp³-hybridized carbons (Fsp3) is 0.475. The lowest BCUT2D eigenvalue weighted by Gasteiger charge is -2.37. The summed E-state index contributed by atoms with van der Waals surface area (Å²) in [4.78, 5) is 112. The Labute approximate surface area is 359 Å². The molecule has 0 bridgehead atoms. The molecular formula is C40H52N6O13S2. The fourth-order valence-electron chi connectivity index (χ4n) is 6.58. The van der Waals surface area contributed by atoms with Crippen molar-refractivity contribution in [3.8, 4) is 0 Å². The van der Waals surface area contributed by atoms with E-state index in [1.165, 1.54) is 23.5 Å². The number of carbonyl (C=O) groups is 9. The smallest absolute Gasteiger partial charge is 0.322 e. The van der Waals surface area contributed by atoms with Gasteiger partial charge in [-0.25, -0.2) is 0 Å². The maximum atomic E-state index is 14.9. The molecule has 2 aromatic rings. The van der Waals surface area contributed by atoms with E-state index >= 15 is 0 Å². The van der Waals surface area contributed by atoms with Gasteiger partial charge in [-0.15, -0.1) is 0 Å². The molecule has 0 aliphatic heterocycles. The molecule has 8 atom stereocenters. The van der Waals surface area contributed by atoms with E-state index in [9.17, 15) is 53.4 Å². The van der Waals surface area contributed by atoms with Crippen LogP contribution in [0.25, 0.3) is 0 Å². The summed E-state index contributed by atoms with van der Waals surface area (Å²) in [6.07, 6.45) is 0.427. The van der Waals surface area contributed by atoms with Gasteiger partial charge >= 0.3 is 23.9 Å². The third kappa shape index (κ3) is 16.8. The van der Waals surface area contributed by atoms with Gasteiger partial charge in [0.25, 0.3) is 0 Å². The van der Waals surface area contributed by atoms with Gasteiger partial charge in [0.15, 0.2) is 0 Å². The molecule has 1 aliphatic carbocycles. The molecule has 0 aromatic heterocycles. The van der Waals surface area contributed by atoms with Crippen LogP contribution in [0.3, 0.4) is 0 Å². The Bertz CT molecular complexity index is 1730. The first kappa shape index (κ1) is 49.8. The lowest BCUT2D eigenvalue weighted by atomic mass is 9.74. The summed E-state index contributed by atoms with van der Waals surface area (Å²) in [5.74, 6) is -9.80. The van der Waals surface area contributed by atoms with Crippen LogP contribution in [0.2, 0.25) is 0 Å². The number of thioether (sulfide) groups is 2. The normalized spacial score (nSPS) is 17.9. The van der Waals surface area contributed by atoms with Gasteiger partial charge in [0.1, 0.15) is 43.0 Å². The van der Waals surface area contributed by atoms with Crippen LogP contribution in [0.5, 0.6) is 0 Å². The molecule has 0 spiro atoms. The quantitative estimate of drug-likeness (QED) is 0.0621. The largest absolute Gasteiger partial charge is 0.480 e. The van der Waals surface area contributed by atoms with Crippen LogP contribution in [0.15, 0.2) is 60.7 Å². The van der Waals surface area contributed by atoms with Crippen LogP contribution in [0, 0.1) is 11.8 Å². The summed E-state index contributed by atoms with van der Waals surface area (Å²) < 4.78 is 0. The van der Waals surface area contributed by atoms with E-state index in [4.69, 9.17) is 21.7 Å². The van der Waals surface area contributed by atoms with Gasteiger partial charge in [0, 0.05) is 46.7 Å². The maximum absolute atomic E-state index is 14.9. The highest BCUT2D eigenvalue weighted by molar-refractivity contribution is 7.99. The molecule has 0 radical (unpaired) electrons. The molecule has 332 valence electrons. The minimum Gasteiger partial charge on any atom is -0.480 e. The second-order valence-electron chi connectivity index (χ2n) is 14.3. The highest BCUT2D eigenvalue weighted by atomic mass is 32.2. The summed E-state index contributed by atoms with van der Waals surface area (Å²) in [6.45, 7) is -1.46. The zero-order valence-electron chi connectivity index (χ0n) is 33.1. The molecule has 4 amide bonds. The second kappa shape index (κ2) is 25.3. The average Bonchev–Trinajstić information content (AvgIpc) is 3.23. The van der Waals surface area contributed by atoms with Crippen molar-refractivity contribution in [1.82, 2.24) is 21.3 Å². The van der Waals surface area contributed by atoms with Crippen LogP contribution in [-0.2, 0) is 43.2 Å². The topological polar surface area (TPSA) is 335 Å². The van der Waals surface area contributed by atoms with Gasteiger partial charge in [-0.05, 0) is 36.8 Å². The number of carboxylic acids is 4. The minimum atomic E-state index is -1.32. The van der Waals surface area contributed by atoms with Crippen molar-refractivity contribution < 1.29 is 63.6 Å². The third-order valence-electron chi connectivity index (χ3n) is 9.76. The molecule has 3 rings (SSSR count). The summed E-state index contributed by atoms with van der Waals surface area (Å²) in [5.41, 5.74) is 12.6. The Morgan fingerprint density at radius 3 is 1.30 bits per heavy atom. The summed E-state index contributed by atoms with van der Waals surface area (Å²) >= 11 is 2.44. The second-order valence-corrected chi connectivity index (χ2v) is 16.7. The summed E-state index contributed by atoms with van der Waals surface area (Å²) in [6, 6.07) is 12.9. The molecule has 61 heavy (non-hydrogen) atoms. The Morgan fingerprint density at radius 1 is 0.607 bits per heavy atom. The number of carboxylic acid groups (broad SMARTS) is 4. The predicted molar refractivity (Wildman–Crippen MR) is 224 cm³/mol. The molecule has 0 saturated heterocycles. The van der Waals surface area contributed by atoms with E-state index in [1.54, 1.807) is 36.4 Å². The van der Waals surface area contributed by atoms with Crippen molar-refractivity contribution in [2.75, 3.05) is 24.6 Å². The van der Waals surface area contributed by atoms with Crippen LogP contribution in [0.4, 0.5) is 0 Å². The van der Waals surface area contributed by atoms with Crippen molar-refractivity contribution in [2.24, 2.45) is 23.3 Å². The Hall–Kier alpha value is -5.51. The number of ketones is 1. The van der Waals surface area contributed by atoms with Gasteiger partial charge in [0.05, 0.1) is 0 Å². The first-order valence-corrected chi connectivity index (χ1v) is 21.5. The van der Waals surface area contributed by atoms with Gasteiger partial charge < -0.3 is 53.2 Å². The van der Waals surface area contributed by atoms with E-state index in [2.05, 4.69) is 21.3 Å². The number of hydrogen-bond acceptors (Lipinski definition) is 13. The van der Waals surface area contributed by atoms with Gasteiger partial charge in [0.2, 0.25) is 23.6 Å². The first-order chi connectivity index (χ1) is 29.0. The molecule has 12 N–H and O–H groups in total. The van der Waals surface area contributed by atoms with Crippen LogP contribution in [0.1, 0.15) is 66.6 Å². The highest BCUT2D eigenvalue weighted by Gasteiger charge is 2.42. The van der Waals surface area contributed by atoms with Gasteiger partial charge in [-0.2, -0.15) is 23.5 Å². The number of nitrogens with one attached hydrogen (secondary N) is 4. The average molecular weight is 889 g/mol. The van der Waals surface area contributed by atoms with E-state index in [1.807, 2.05) is 24.3 Å². The summed E-state index contributed by atoms with van der Waals surface area (Å²) in [7, 11) is 0. The Morgan fingerprint density at radius 2 is 0.967 bits per heavy atom. The van der Waals surface area contributed by atoms with Crippen LogP contribution >= 0.6 is 23.5 Å².